The van der Waals surface area contributed by atoms with Crippen molar-refractivity contribution in [2.75, 3.05) is 26.3 Å². The van der Waals surface area contributed by atoms with E-state index in [1.54, 1.807) is 24.7 Å². The average Bonchev–Trinajstić information content (AvgIpc) is 3.08. The van der Waals surface area contributed by atoms with E-state index in [2.05, 4.69) is 9.97 Å². The number of pyridine rings is 2. The van der Waals surface area contributed by atoms with Crippen molar-refractivity contribution in [3.8, 4) is 5.88 Å². The van der Waals surface area contributed by atoms with Gasteiger partial charge in [-0.1, -0.05) is 6.07 Å². The molecule has 2 aromatic rings. The standard InChI is InChI=1S/C20H23N3O3/c24-19(16-5-4-9-21-13-16)23-11-12-26-20(15-23)8-3-6-17(20)14-25-18-7-1-2-10-22-18/h1-2,4-5,7,9-10,13,17H,3,6,8,11-12,14-15H2/t17-,20-/m1/s1. The van der Waals surface area contributed by atoms with Gasteiger partial charge in [0.25, 0.3) is 5.91 Å². The molecule has 6 nitrogen and oxygen atoms in total. The van der Waals surface area contributed by atoms with Crippen molar-refractivity contribution in [2.24, 2.45) is 5.92 Å². The molecule has 136 valence electrons. The van der Waals surface area contributed by atoms with Crippen LogP contribution in [0.2, 0.25) is 0 Å². The molecule has 0 N–H and O–H groups in total. The maximum absolute atomic E-state index is 12.8. The van der Waals surface area contributed by atoms with E-state index in [9.17, 15) is 4.79 Å². The summed E-state index contributed by atoms with van der Waals surface area (Å²) in [5, 5.41) is 0. The summed E-state index contributed by atoms with van der Waals surface area (Å²) >= 11 is 0. The zero-order valence-corrected chi connectivity index (χ0v) is 14.7. The molecule has 1 saturated heterocycles. The summed E-state index contributed by atoms with van der Waals surface area (Å²) in [7, 11) is 0. The van der Waals surface area contributed by atoms with E-state index in [-0.39, 0.29) is 17.4 Å². The van der Waals surface area contributed by atoms with E-state index in [1.807, 2.05) is 29.2 Å². The molecule has 2 atom stereocenters. The van der Waals surface area contributed by atoms with Gasteiger partial charge < -0.3 is 14.4 Å². The quantitative estimate of drug-likeness (QED) is 0.845. The SMILES string of the molecule is O=C(c1cccnc1)N1CCO[C@]2(CCC[C@@H]2COc2ccccn2)C1. The topological polar surface area (TPSA) is 64.6 Å². The Bertz CT molecular complexity index is 740. The molecule has 1 aliphatic heterocycles. The van der Waals surface area contributed by atoms with Crippen LogP contribution in [0.1, 0.15) is 29.6 Å². The number of hydrogen-bond acceptors (Lipinski definition) is 5. The fourth-order valence-corrected chi connectivity index (χ4v) is 4.02. The van der Waals surface area contributed by atoms with Gasteiger partial charge in [-0.3, -0.25) is 9.78 Å². The highest BCUT2D eigenvalue weighted by atomic mass is 16.5. The molecule has 0 bridgehead atoms. The Morgan fingerprint density at radius 3 is 3.08 bits per heavy atom. The number of nitrogens with zero attached hydrogens (tertiary/aromatic N) is 3. The molecule has 6 heteroatoms. The summed E-state index contributed by atoms with van der Waals surface area (Å²) < 4.78 is 12.1. The number of ether oxygens (including phenoxy) is 2. The zero-order valence-electron chi connectivity index (χ0n) is 14.7. The van der Waals surface area contributed by atoms with Crippen LogP contribution >= 0.6 is 0 Å². The van der Waals surface area contributed by atoms with Gasteiger partial charge in [0.05, 0.1) is 30.9 Å². The second kappa shape index (κ2) is 7.41. The van der Waals surface area contributed by atoms with Crippen molar-refractivity contribution in [1.29, 1.82) is 0 Å². The molecule has 0 aromatic carbocycles. The van der Waals surface area contributed by atoms with Gasteiger partial charge in [-0.15, -0.1) is 0 Å². The number of carbonyl (C=O) groups is 1. The third-order valence-electron chi connectivity index (χ3n) is 5.37. The second-order valence-electron chi connectivity index (χ2n) is 6.95. The molecule has 1 amide bonds. The van der Waals surface area contributed by atoms with E-state index in [0.717, 1.165) is 19.3 Å². The van der Waals surface area contributed by atoms with Crippen LogP contribution in [0.15, 0.2) is 48.9 Å². The highest BCUT2D eigenvalue weighted by Crippen LogP contribution is 2.41. The number of aromatic nitrogens is 2. The van der Waals surface area contributed by atoms with Crippen molar-refractivity contribution in [2.45, 2.75) is 24.9 Å². The summed E-state index contributed by atoms with van der Waals surface area (Å²) in [6.07, 6.45) is 8.12. The lowest BCUT2D eigenvalue weighted by atomic mass is 9.89. The minimum atomic E-state index is -0.315. The van der Waals surface area contributed by atoms with E-state index in [0.29, 0.717) is 37.7 Å². The van der Waals surface area contributed by atoms with E-state index >= 15 is 0 Å². The Morgan fingerprint density at radius 2 is 2.27 bits per heavy atom. The van der Waals surface area contributed by atoms with E-state index in [4.69, 9.17) is 9.47 Å². The summed E-state index contributed by atoms with van der Waals surface area (Å²) in [5.74, 6) is 0.916. The predicted octanol–water partition coefficient (Wildman–Crippen LogP) is 2.57. The molecular weight excluding hydrogens is 330 g/mol. The first-order valence-electron chi connectivity index (χ1n) is 9.14. The highest BCUT2D eigenvalue weighted by molar-refractivity contribution is 5.94. The van der Waals surface area contributed by atoms with Crippen molar-refractivity contribution in [3.05, 3.63) is 54.5 Å². The maximum Gasteiger partial charge on any atom is 0.255 e. The fraction of sp³-hybridized carbons (Fsp3) is 0.450. The zero-order chi connectivity index (χ0) is 17.8. The molecule has 26 heavy (non-hydrogen) atoms. The van der Waals surface area contributed by atoms with Gasteiger partial charge in [0.1, 0.15) is 0 Å². The molecule has 0 unspecified atom stereocenters. The van der Waals surface area contributed by atoms with Crippen molar-refractivity contribution in [1.82, 2.24) is 14.9 Å². The minimum absolute atomic E-state index is 0.0251. The van der Waals surface area contributed by atoms with Gasteiger partial charge in [-0.25, -0.2) is 4.98 Å². The molecule has 4 rings (SSSR count). The Hall–Kier alpha value is -2.47. The number of amides is 1. The predicted molar refractivity (Wildman–Crippen MR) is 95.9 cm³/mol. The van der Waals surface area contributed by atoms with Crippen LogP contribution in [-0.4, -0.2) is 52.7 Å². The Kier molecular flexibility index (Phi) is 4.84. The Balaban J connectivity index is 1.45. The van der Waals surface area contributed by atoms with Crippen molar-refractivity contribution in [3.63, 3.8) is 0 Å². The fourth-order valence-electron chi connectivity index (χ4n) is 4.02. The molecule has 1 saturated carbocycles. The smallest absolute Gasteiger partial charge is 0.255 e. The first-order chi connectivity index (χ1) is 12.8. The van der Waals surface area contributed by atoms with Crippen LogP contribution in [0, 0.1) is 5.92 Å². The summed E-state index contributed by atoms with van der Waals surface area (Å²) in [5.41, 5.74) is 0.314. The molecule has 0 radical (unpaired) electrons. The van der Waals surface area contributed by atoms with Crippen LogP contribution < -0.4 is 4.74 Å². The monoisotopic (exact) mass is 353 g/mol. The van der Waals surface area contributed by atoms with Gasteiger partial charge in [-0.05, 0) is 37.5 Å². The molecule has 1 spiro atoms. The number of carbonyl (C=O) groups excluding carboxylic acids is 1. The lowest BCUT2D eigenvalue weighted by Crippen LogP contribution is -2.56. The van der Waals surface area contributed by atoms with Crippen LogP contribution in [0.25, 0.3) is 0 Å². The number of hydrogen-bond donors (Lipinski definition) is 0. The average molecular weight is 353 g/mol. The molecule has 2 fully saturated rings. The lowest BCUT2D eigenvalue weighted by Gasteiger charge is -2.44. The van der Waals surface area contributed by atoms with Crippen LogP contribution in [0.5, 0.6) is 5.88 Å². The van der Waals surface area contributed by atoms with Crippen molar-refractivity contribution < 1.29 is 14.3 Å². The number of rotatable bonds is 4. The molecule has 1 aliphatic carbocycles. The van der Waals surface area contributed by atoms with Gasteiger partial charge in [0.2, 0.25) is 5.88 Å². The maximum atomic E-state index is 12.8. The second-order valence-corrected chi connectivity index (χ2v) is 6.95. The lowest BCUT2D eigenvalue weighted by molar-refractivity contribution is -0.127. The minimum Gasteiger partial charge on any atom is -0.477 e. The highest BCUT2D eigenvalue weighted by Gasteiger charge is 2.48. The van der Waals surface area contributed by atoms with E-state index in [1.165, 1.54) is 0 Å². The number of morpholine rings is 1. The largest absolute Gasteiger partial charge is 0.477 e. The van der Waals surface area contributed by atoms with Crippen LogP contribution in [0.4, 0.5) is 0 Å². The summed E-state index contributed by atoms with van der Waals surface area (Å²) in [4.78, 5) is 23.0. The van der Waals surface area contributed by atoms with Gasteiger partial charge in [-0.2, -0.15) is 0 Å². The summed E-state index contributed by atoms with van der Waals surface area (Å²) in [6, 6.07) is 9.26. The first-order valence-corrected chi connectivity index (χ1v) is 9.14. The summed E-state index contributed by atoms with van der Waals surface area (Å²) in [6.45, 7) is 2.35. The third-order valence-corrected chi connectivity index (χ3v) is 5.37. The van der Waals surface area contributed by atoms with Gasteiger partial charge in [0, 0.05) is 37.1 Å². The molecular formula is C20H23N3O3. The third kappa shape index (κ3) is 3.42. The van der Waals surface area contributed by atoms with E-state index < -0.39 is 0 Å². The molecule has 2 aliphatic rings. The Morgan fingerprint density at radius 1 is 1.31 bits per heavy atom. The Labute approximate surface area is 153 Å². The van der Waals surface area contributed by atoms with Gasteiger partial charge in [0.15, 0.2) is 0 Å². The van der Waals surface area contributed by atoms with Gasteiger partial charge >= 0.3 is 0 Å². The molecule has 3 heterocycles. The van der Waals surface area contributed by atoms with Crippen molar-refractivity contribution >= 4 is 5.91 Å². The first kappa shape index (κ1) is 17.0. The van der Waals surface area contributed by atoms with Crippen LogP contribution in [0.3, 0.4) is 0 Å². The van der Waals surface area contributed by atoms with Crippen LogP contribution in [-0.2, 0) is 4.74 Å². The molecule has 2 aromatic heterocycles. The normalized spacial score (nSPS) is 25.4.